The third-order valence-electron chi connectivity index (χ3n) is 2.83. The predicted molar refractivity (Wildman–Crippen MR) is 69.5 cm³/mol. The maximum atomic E-state index is 5.59. The Bertz CT molecular complexity index is 469. The Morgan fingerprint density at radius 3 is 2.75 bits per heavy atom. The number of hydrogen-bond acceptors (Lipinski definition) is 1. The van der Waals surface area contributed by atoms with Gasteiger partial charge in [-0.3, -0.25) is 0 Å². The molecule has 0 aliphatic carbocycles. The molecule has 2 heteroatoms. The zero-order valence-corrected chi connectivity index (χ0v) is 10.1. The fourth-order valence-corrected chi connectivity index (χ4v) is 2.10. The second-order valence-electron chi connectivity index (χ2n) is 4.79. The molecule has 16 heavy (non-hydrogen) atoms. The molecule has 0 unspecified atom stereocenters. The minimum absolute atomic E-state index is 0.675. The molecule has 0 spiro atoms. The van der Waals surface area contributed by atoms with Crippen LogP contribution in [-0.4, -0.2) is 11.1 Å². The van der Waals surface area contributed by atoms with Crippen LogP contribution in [0.25, 0.3) is 10.9 Å². The molecule has 0 amide bonds. The normalized spacial score (nSPS) is 11.5. The van der Waals surface area contributed by atoms with E-state index in [0.717, 1.165) is 19.5 Å². The maximum Gasteiger partial charge on any atom is 0.0483 e. The molecule has 86 valence electrons. The fourth-order valence-electron chi connectivity index (χ4n) is 2.10. The van der Waals surface area contributed by atoms with Gasteiger partial charge in [0.25, 0.3) is 0 Å². The second-order valence-corrected chi connectivity index (χ2v) is 4.79. The Kier molecular flexibility index (Phi) is 3.30. The fraction of sp³-hybridized carbons (Fsp3) is 0.429. The molecular formula is C14H20N2. The highest BCUT2D eigenvalue weighted by atomic mass is 15.0. The number of fused-ring (bicyclic) bond motifs is 1. The molecule has 1 aromatic carbocycles. The monoisotopic (exact) mass is 216 g/mol. The molecule has 1 heterocycles. The van der Waals surface area contributed by atoms with E-state index in [1.165, 1.54) is 16.5 Å². The molecule has 1 aromatic heterocycles. The summed E-state index contributed by atoms with van der Waals surface area (Å²) >= 11 is 0. The number of rotatable bonds is 4. The average molecular weight is 216 g/mol. The third-order valence-corrected chi connectivity index (χ3v) is 2.83. The zero-order chi connectivity index (χ0) is 11.5. The van der Waals surface area contributed by atoms with E-state index in [0.29, 0.717) is 5.92 Å². The summed E-state index contributed by atoms with van der Waals surface area (Å²) in [6.45, 7) is 6.29. The highest BCUT2D eigenvalue weighted by Crippen LogP contribution is 2.19. The largest absolute Gasteiger partial charge is 0.347 e. The van der Waals surface area contributed by atoms with Gasteiger partial charge in [-0.25, -0.2) is 0 Å². The first-order valence-electron chi connectivity index (χ1n) is 5.98. The molecule has 0 fully saturated rings. The van der Waals surface area contributed by atoms with Crippen LogP contribution in [0, 0.1) is 5.92 Å². The van der Waals surface area contributed by atoms with E-state index in [-0.39, 0.29) is 0 Å². The number of hydrogen-bond donors (Lipinski definition) is 1. The summed E-state index contributed by atoms with van der Waals surface area (Å²) in [5.41, 5.74) is 8.26. The summed E-state index contributed by atoms with van der Waals surface area (Å²) in [5.74, 6) is 0.675. The molecule has 0 aliphatic rings. The van der Waals surface area contributed by atoms with Crippen molar-refractivity contribution in [1.82, 2.24) is 4.57 Å². The van der Waals surface area contributed by atoms with Crippen LogP contribution in [0.15, 0.2) is 30.5 Å². The van der Waals surface area contributed by atoms with Crippen LogP contribution in [0.3, 0.4) is 0 Å². The molecule has 0 atom stereocenters. The van der Waals surface area contributed by atoms with Gasteiger partial charge in [-0.2, -0.15) is 0 Å². The van der Waals surface area contributed by atoms with Gasteiger partial charge in [0.1, 0.15) is 0 Å². The van der Waals surface area contributed by atoms with Gasteiger partial charge in [-0.1, -0.05) is 26.0 Å². The standard InChI is InChI=1S/C14H20N2/c1-11(2)10-16-8-6-13-4-3-12(5-7-15)9-14(13)16/h3-4,6,8-9,11H,5,7,10,15H2,1-2H3. The molecule has 0 radical (unpaired) electrons. The first-order valence-corrected chi connectivity index (χ1v) is 5.98. The second kappa shape index (κ2) is 4.71. The number of nitrogens with zero attached hydrogens (tertiary/aromatic N) is 1. The van der Waals surface area contributed by atoms with Crippen molar-refractivity contribution in [3.05, 3.63) is 36.0 Å². The van der Waals surface area contributed by atoms with Crippen molar-refractivity contribution in [2.45, 2.75) is 26.8 Å². The summed E-state index contributed by atoms with van der Waals surface area (Å²) in [6.07, 6.45) is 3.14. The van der Waals surface area contributed by atoms with Gasteiger partial charge in [0, 0.05) is 18.3 Å². The summed E-state index contributed by atoms with van der Waals surface area (Å²) in [7, 11) is 0. The number of aromatic nitrogens is 1. The zero-order valence-electron chi connectivity index (χ0n) is 10.1. The molecule has 0 saturated heterocycles. The van der Waals surface area contributed by atoms with Crippen LogP contribution >= 0.6 is 0 Å². The molecule has 2 nitrogen and oxygen atoms in total. The molecule has 2 rings (SSSR count). The molecule has 0 saturated carbocycles. The van der Waals surface area contributed by atoms with Crippen molar-refractivity contribution >= 4 is 10.9 Å². The van der Waals surface area contributed by atoms with Gasteiger partial charge in [-0.15, -0.1) is 0 Å². The first kappa shape index (κ1) is 11.2. The lowest BCUT2D eigenvalue weighted by atomic mass is 10.1. The highest BCUT2D eigenvalue weighted by molar-refractivity contribution is 5.80. The lowest BCUT2D eigenvalue weighted by molar-refractivity contribution is 0.535. The Balaban J connectivity index is 2.39. The van der Waals surface area contributed by atoms with Gasteiger partial charge in [0.2, 0.25) is 0 Å². The van der Waals surface area contributed by atoms with E-state index in [1.54, 1.807) is 0 Å². The lowest BCUT2D eigenvalue weighted by Gasteiger charge is -2.09. The Hall–Kier alpha value is -1.28. The quantitative estimate of drug-likeness (QED) is 0.837. The molecule has 2 aromatic rings. The van der Waals surface area contributed by atoms with E-state index in [2.05, 4.69) is 48.9 Å². The summed E-state index contributed by atoms with van der Waals surface area (Å²) in [5, 5.41) is 1.32. The van der Waals surface area contributed by atoms with Crippen LogP contribution < -0.4 is 5.73 Å². The van der Waals surface area contributed by atoms with Crippen LogP contribution in [0.5, 0.6) is 0 Å². The molecule has 2 N–H and O–H groups in total. The minimum atomic E-state index is 0.675. The highest BCUT2D eigenvalue weighted by Gasteiger charge is 2.03. The Morgan fingerprint density at radius 2 is 2.06 bits per heavy atom. The number of nitrogens with two attached hydrogens (primary N) is 1. The van der Waals surface area contributed by atoms with Crippen molar-refractivity contribution in [3.8, 4) is 0 Å². The smallest absolute Gasteiger partial charge is 0.0483 e. The van der Waals surface area contributed by atoms with Crippen LogP contribution in [0.1, 0.15) is 19.4 Å². The van der Waals surface area contributed by atoms with E-state index < -0.39 is 0 Å². The van der Waals surface area contributed by atoms with Gasteiger partial charge in [-0.05, 0) is 42.0 Å². The summed E-state index contributed by atoms with van der Waals surface area (Å²) in [6, 6.07) is 8.82. The van der Waals surface area contributed by atoms with Gasteiger partial charge >= 0.3 is 0 Å². The molecular weight excluding hydrogens is 196 g/mol. The third kappa shape index (κ3) is 2.27. The molecule has 0 aliphatic heterocycles. The summed E-state index contributed by atoms with van der Waals surface area (Å²) < 4.78 is 2.33. The predicted octanol–water partition coefficient (Wildman–Crippen LogP) is 2.80. The van der Waals surface area contributed by atoms with Crippen molar-refractivity contribution in [1.29, 1.82) is 0 Å². The molecule has 0 bridgehead atoms. The van der Waals surface area contributed by atoms with E-state index in [9.17, 15) is 0 Å². The van der Waals surface area contributed by atoms with Crippen molar-refractivity contribution < 1.29 is 0 Å². The Morgan fingerprint density at radius 1 is 1.25 bits per heavy atom. The van der Waals surface area contributed by atoms with Crippen molar-refractivity contribution in [2.24, 2.45) is 11.7 Å². The van der Waals surface area contributed by atoms with E-state index >= 15 is 0 Å². The van der Waals surface area contributed by atoms with Gasteiger partial charge in [0.05, 0.1) is 0 Å². The minimum Gasteiger partial charge on any atom is -0.347 e. The Labute approximate surface area is 97.1 Å². The SMILES string of the molecule is CC(C)Cn1ccc2ccc(CCN)cc21. The van der Waals surface area contributed by atoms with Crippen LogP contribution in [0.4, 0.5) is 0 Å². The topological polar surface area (TPSA) is 30.9 Å². The average Bonchev–Trinajstić information content (AvgIpc) is 2.61. The van der Waals surface area contributed by atoms with E-state index in [4.69, 9.17) is 5.73 Å². The van der Waals surface area contributed by atoms with E-state index in [1.807, 2.05) is 0 Å². The van der Waals surface area contributed by atoms with Gasteiger partial charge < -0.3 is 10.3 Å². The van der Waals surface area contributed by atoms with Crippen molar-refractivity contribution in [3.63, 3.8) is 0 Å². The maximum absolute atomic E-state index is 5.59. The first-order chi connectivity index (χ1) is 7.70. The van der Waals surface area contributed by atoms with Gasteiger partial charge in [0.15, 0.2) is 0 Å². The van der Waals surface area contributed by atoms with Crippen molar-refractivity contribution in [2.75, 3.05) is 6.54 Å². The van der Waals surface area contributed by atoms with Crippen LogP contribution in [-0.2, 0) is 13.0 Å². The van der Waals surface area contributed by atoms with Crippen LogP contribution in [0.2, 0.25) is 0 Å². The summed E-state index contributed by atoms with van der Waals surface area (Å²) in [4.78, 5) is 0. The number of benzene rings is 1. The lowest BCUT2D eigenvalue weighted by Crippen LogP contribution is -2.04.